The Kier molecular flexibility index (Phi) is 3.01. The third-order valence-electron chi connectivity index (χ3n) is 3.75. The van der Waals surface area contributed by atoms with Crippen LogP contribution in [-0.4, -0.2) is 41.5 Å². The van der Waals surface area contributed by atoms with E-state index in [0.717, 1.165) is 41.9 Å². The average molecular weight is 310 g/mol. The molecule has 0 bridgehead atoms. The fourth-order valence-corrected chi connectivity index (χ4v) is 3.53. The van der Waals surface area contributed by atoms with Gasteiger partial charge in [0.05, 0.1) is 4.47 Å². The number of rotatable bonds is 1. The molecule has 0 aliphatic carbocycles. The SMILES string of the molecule is Cc1cnc(N2CCN3C(=O)CCC3C2)c(Br)c1. The summed E-state index contributed by atoms with van der Waals surface area (Å²) in [6, 6.07) is 2.47. The van der Waals surface area contributed by atoms with E-state index in [1.807, 2.05) is 18.0 Å². The first-order valence-corrected chi connectivity index (χ1v) is 7.11. The summed E-state index contributed by atoms with van der Waals surface area (Å²) in [5, 5.41) is 0. The molecule has 0 saturated carbocycles. The van der Waals surface area contributed by atoms with E-state index in [0.29, 0.717) is 18.4 Å². The van der Waals surface area contributed by atoms with Crippen LogP contribution in [0.25, 0.3) is 0 Å². The van der Waals surface area contributed by atoms with Crippen molar-refractivity contribution in [3.8, 4) is 0 Å². The Labute approximate surface area is 115 Å². The van der Waals surface area contributed by atoms with Crippen LogP contribution in [0.2, 0.25) is 0 Å². The molecule has 1 unspecified atom stereocenters. The van der Waals surface area contributed by atoms with Crippen LogP contribution in [0, 0.1) is 6.92 Å². The number of pyridine rings is 1. The second kappa shape index (κ2) is 4.53. The fourth-order valence-electron chi connectivity index (χ4n) is 2.82. The zero-order chi connectivity index (χ0) is 12.7. The minimum Gasteiger partial charge on any atom is -0.352 e. The molecule has 0 N–H and O–H groups in total. The maximum atomic E-state index is 11.6. The molecule has 96 valence electrons. The van der Waals surface area contributed by atoms with Crippen molar-refractivity contribution in [1.82, 2.24) is 9.88 Å². The van der Waals surface area contributed by atoms with E-state index in [4.69, 9.17) is 0 Å². The number of amides is 1. The lowest BCUT2D eigenvalue weighted by atomic mass is 10.1. The second-order valence-corrected chi connectivity index (χ2v) is 5.90. The third-order valence-corrected chi connectivity index (χ3v) is 4.34. The first kappa shape index (κ1) is 12.0. The Balaban J connectivity index is 1.80. The normalized spacial score (nSPS) is 23.4. The van der Waals surface area contributed by atoms with Crippen molar-refractivity contribution in [2.75, 3.05) is 24.5 Å². The second-order valence-electron chi connectivity index (χ2n) is 5.04. The number of hydrogen-bond acceptors (Lipinski definition) is 3. The van der Waals surface area contributed by atoms with E-state index < -0.39 is 0 Å². The van der Waals surface area contributed by atoms with Gasteiger partial charge in [0.25, 0.3) is 0 Å². The highest BCUT2D eigenvalue weighted by Gasteiger charge is 2.36. The highest BCUT2D eigenvalue weighted by atomic mass is 79.9. The maximum absolute atomic E-state index is 11.6. The van der Waals surface area contributed by atoms with Gasteiger partial charge in [-0.25, -0.2) is 4.98 Å². The zero-order valence-electron chi connectivity index (χ0n) is 10.4. The van der Waals surface area contributed by atoms with Crippen molar-refractivity contribution in [3.63, 3.8) is 0 Å². The molecule has 2 aliphatic rings. The lowest BCUT2D eigenvalue weighted by Crippen LogP contribution is -2.51. The largest absolute Gasteiger partial charge is 0.352 e. The molecule has 1 aromatic rings. The number of halogens is 1. The van der Waals surface area contributed by atoms with Crippen molar-refractivity contribution < 1.29 is 4.79 Å². The summed E-state index contributed by atoms with van der Waals surface area (Å²) >= 11 is 3.58. The van der Waals surface area contributed by atoms with E-state index in [2.05, 4.69) is 31.9 Å². The number of aromatic nitrogens is 1. The molecular weight excluding hydrogens is 294 g/mol. The van der Waals surface area contributed by atoms with Crippen LogP contribution < -0.4 is 4.90 Å². The molecule has 3 rings (SSSR count). The van der Waals surface area contributed by atoms with Gasteiger partial charge in [-0.3, -0.25) is 4.79 Å². The van der Waals surface area contributed by atoms with Crippen molar-refractivity contribution in [3.05, 3.63) is 22.3 Å². The van der Waals surface area contributed by atoms with Gasteiger partial charge in [0, 0.05) is 38.3 Å². The average Bonchev–Trinajstić information content (AvgIpc) is 2.71. The third kappa shape index (κ3) is 2.00. The fraction of sp³-hybridized carbons (Fsp3) is 0.538. The van der Waals surface area contributed by atoms with E-state index in [1.54, 1.807) is 0 Å². The van der Waals surface area contributed by atoms with Crippen LogP contribution in [0.15, 0.2) is 16.7 Å². The summed E-state index contributed by atoms with van der Waals surface area (Å²) in [6.45, 7) is 4.64. The van der Waals surface area contributed by atoms with Gasteiger partial charge in [-0.2, -0.15) is 0 Å². The number of anilines is 1. The summed E-state index contributed by atoms with van der Waals surface area (Å²) < 4.78 is 1.04. The molecule has 0 aromatic carbocycles. The summed E-state index contributed by atoms with van der Waals surface area (Å²) in [5.41, 5.74) is 1.15. The number of aryl methyl sites for hydroxylation is 1. The van der Waals surface area contributed by atoms with Crippen molar-refractivity contribution in [2.45, 2.75) is 25.8 Å². The number of carbonyl (C=O) groups is 1. The molecule has 1 atom stereocenters. The molecule has 2 saturated heterocycles. The summed E-state index contributed by atoms with van der Waals surface area (Å²) in [6.07, 6.45) is 3.59. The maximum Gasteiger partial charge on any atom is 0.223 e. The minimum atomic E-state index is 0.315. The van der Waals surface area contributed by atoms with Gasteiger partial charge in [0.1, 0.15) is 5.82 Å². The van der Waals surface area contributed by atoms with Crippen molar-refractivity contribution in [2.24, 2.45) is 0 Å². The molecule has 5 heteroatoms. The highest BCUT2D eigenvalue weighted by Crippen LogP contribution is 2.29. The molecule has 2 aliphatic heterocycles. The first-order valence-electron chi connectivity index (χ1n) is 6.32. The van der Waals surface area contributed by atoms with Gasteiger partial charge >= 0.3 is 0 Å². The lowest BCUT2D eigenvalue weighted by Gasteiger charge is -2.38. The van der Waals surface area contributed by atoms with E-state index in [9.17, 15) is 4.79 Å². The Bertz CT molecular complexity index is 491. The van der Waals surface area contributed by atoms with Gasteiger partial charge in [0.2, 0.25) is 5.91 Å². The van der Waals surface area contributed by atoms with E-state index in [1.165, 1.54) is 0 Å². The first-order chi connectivity index (χ1) is 8.65. The molecule has 1 aromatic heterocycles. The van der Waals surface area contributed by atoms with E-state index in [-0.39, 0.29) is 0 Å². The van der Waals surface area contributed by atoms with Crippen molar-refractivity contribution in [1.29, 1.82) is 0 Å². The summed E-state index contributed by atoms with van der Waals surface area (Å²) in [5.74, 6) is 1.31. The summed E-state index contributed by atoms with van der Waals surface area (Å²) in [7, 11) is 0. The molecular formula is C13H16BrN3O. The molecule has 3 heterocycles. The van der Waals surface area contributed by atoms with Crippen LogP contribution >= 0.6 is 15.9 Å². The quantitative estimate of drug-likeness (QED) is 0.796. The number of piperazine rings is 1. The van der Waals surface area contributed by atoms with Crippen LogP contribution in [-0.2, 0) is 4.79 Å². The predicted molar refractivity (Wildman–Crippen MR) is 73.6 cm³/mol. The molecule has 0 spiro atoms. The number of fused-ring (bicyclic) bond motifs is 1. The van der Waals surface area contributed by atoms with Gasteiger partial charge in [-0.1, -0.05) is 0 Å². The molecule has 1 amide bonds. The zero-order valence-corrected chi connectivity index (χ0v) is 12.0. The topological polar surface area (TPSA) is 36.4 Å². The Morgan fingerprint density at radius 3 is 3.06 bits per heavy atom. The smallest absolute Gasteiger partial charge is 0.223 e. The standard InChI is InChI=1S/C13H16BrN3O/c1-9-6-11(14)13(15-7-9)16-4-5-17-10(8-16)2-3-12(17)18/h6-7,10H,2-5,8H2,1H3. The van der Waals surface area contributed by atoms with E-state index >= 15 is 0 Å². The van der Waals surface area contributed by atoms with Gasteiger partial charge < -0.3 is 9.80 Å². The molecule has 18 heavy (non-hydrogen) atoms. The van der Waals surface area contributed by atoms with Gasteiger partial charge in [-0.15, -0.1) is 0 Å². The number of hydrogen-bond donors (Lipinski definition) is 0. The van der Waals surface area contributed by atoms with Gasteiger partial charge in [-0.05, 0) is 40.9 Å². The Hall–Kier alpha value is -1.10. The molecule has 2 fully saturated rings. The van der Waals surface area contributed by atoms with Crippen LogP contribution in [0.5, 0.6) is 0 Å². The monoisotopic (exact) mass is 309 g/mol. The predicted octanol–water partition coefficient (Wildman–Crippen LogP) is 1.96. The number of nitrogens with zero attached hydrogens (tertiary/aromatic N) is 3. The molecule has 0 radical (unpaired) electrons. The Morgan fingerprint density at radius 1 is 1.44 bits per heavy atom. The number of carbonyl (C=O) groups excluding carboxylic acids is 1. The summed E-state index contributed by atoms with van der Waals surface area (Å²) in [4.78, 5) is 20.5. The Morgan fingerprint density at radius 2 is 2.28 bits per heavy atom. The lowest BCUT2D eigenvalue weighted by molar-refractivity contribution is -0.129. The minimum absolute atomic E-state index is 0.315. The van der Waals surface area contributed by atoms with Crippen LogP contribution in [0.4, 0.5) is 5.82 Å². The molecule has 4 nitrogen and oxygen atoms in total. The van der Waals surface area contributed by atoms with Crippen molar-refractivity contribution >= 4 is 27.7 Å². The van der Waals surface area contributed by atoms with Gasteiger partial charge in [0.15, 0.2) is 0 Å². The highest BCUT2D eigenvalue weighted by molar-refractivity contribution is 9.10. The van der Waals surface area contributed by atoms with Crippen LogP contribution in [0.1, 0.15) is 18.4 Å². The van der Waals surface area contributed by atoms with Crippen LogP contribution in [0.3, 0.4) is 0 Å².